The second kappa shape index (κ2) is 11.9. The number of nitriles is 3. The summed E-state index contributed by atoms with van der Waals surface area (Å²) in [5.41, 5.74) is 13.2. The number of allylic oxidation sites excluding steroid dienone is 3. The van der Waals surface area contributed by atoms with E-state index >= 15 is 0 Å². The van der Waals surface area contributed by atoms with Crippen molar-refractivity contribution in [2.24, 2.45) is 0 Å². The van der Waals surface area contributed by atoms with E-state index in [2.05, 4.69) is 112 Å². The van der Waals surface area contributed by atoms with Crippen molar-refractivity contribution in [2.75, 3.05) is 0 Å². The number of aromatic nitrogens is 2. The number of nitrogens with zero attached hydrogens (tertiary/aromatic N) is 5. The van der Waals surface area contributed by atoms with E-state index in [0.29, 0.717) is 16.7 Å². The molecule has 51 heavy (non-hydrogen) atoms. The normalized spacial score (nSPS) is 12.0. The molecule has 0 atom stereocenters. The largest absolute Gasteiger partial charge is 0.309 e. The molecule has 0 bridgehead atoms. The summed E-state index contributed by atoms with van der Waals surface area (Å²) in [5.74, 6) is 0. The van der Waals surface area contributed by atoms with Crippen LogP contribution in [0.5, 0.6) is 0 Å². The maximum atomic E-state index is 9.95. The number of fused-ring (bicyclic) bond motifs is 6. The highest BCUT2D eigenvalue weighted by Gasteiger charge is 2.21. The van der Waals surface area contributed by atoms with E-state index in [9.17, 15) is 15.8 Å². The van der Waals surface area contributed by atoms with Crippen molar-refractivity contribution in [2.45, 2.75) is 6.42 Å². The predicted molar refractivity (Wildman–Crippen MR) is 205 cm³/mol. The lowest BCUT2D eigenvalue weighted by Crippen LogP contribution is -2.01. The van der Waals surface area contributed by atoms with Gasteiger partial charge >= 0.3 is 0 Å². The van der Waals surface area contributed by atoms with Crippen molar-refractivity contribution < 1.29 is 0 Å². The molecule has 8 aromatic rings. The second-order valence-corrected chi connectivity index (χ2v) is 12.7. The van der Waals surface area contributed by atoms with E-state index in [1.54, 1.807) is 0 Å². The summed E-state index contributed by atoms with van der Waals surface area (Å²) in [5, 5.41) is 32.6. The Morgan fingerprint density at radius 2 is 1.20 bits per heavy atom. The topological polar surface area (TPSA) is 81.2 Å². The molecular weight excluding hydrogens is 623 g/mol. The van der Waals surface area contributed by atoms with Gasteiger partial charge in [-0.15, -0.1) is 0 Å². The van der Waals surface area contributed by atoms with Gasteiger partial charge in [-0.05, 0) is 95.4 Å². The molecule has 0 fully saturated rings. The molecule has 9 rings (SSSR count). The third-order valence-electron chi connectivity index (χ3n) is 9.87. The van der Waals surface area contributed by atoms with Crippen LogP contribution in [0.1, 0.15) is 27.9 Å². The average Bonchev–Trinajstić information content (AvgIpc) is 3.56. The molecule has 0 saturated heterocycles. The third-order valence-corrected chi connectivity index (χ3v) is 9.87. The molecule has 0 radical (unpaired) electrons. The van der Waals surface area contributed by atoms with Crippen LogP contribution >= 0.6 is 0 Å². The van der Waals surface area contributed by atoms with E-state index in [4.69, 9.17) is 0 Å². The summed E-state index contributed by atoms with van der Waals surface area (Å²) in [7, 11) is 0. The molecule has 1 aliphatic carbocycles. The van der Waals surface area contributed by atoms with Crippen molar-refractivity contribution in [1.82, 2.24) is 9.13 Å². The maximum Gasteiger partial charge on any atom is 0.0992 e. The van der Waals surface area contributed by atoms with Crippen molar-refractivity contribution in [3.63, 3.8) is 0 Å². The van der Waals surface area contributed by atoms with Crippen LogP contribution in [0.3, 0.4) is 0 Å². The lowest BCUT2D eigenvalue weighted by Gasteiger charge is -2.16. The van der Waals surface area contributed by atoms with Gasteiger partial charge in [-0.3, -0.25) is 0 Å². The minimum absolute atomic E-state index is 0.578. The van der Waals surface area contributed by atoms with Crippen LogP contribution < -0.4 is 0 Å². The lowest BCUT2D eigenvalue weighted by atomic mass is 9.97. The van der Waals surface area contributed by atoms with Crippen molar-refractivity contribution in [3.8, 4) is 51.8 Å². The monoisotopic (exact) mass is 649 g/mol. The zero-order valence-electron chi connectivity index (χ0n) is 27.4. The molecule has 1 aliphatic rings. The second-order valence-electron chi connectivity index (χ2n) is 12.7. The van der Waals surface area contributed by atoms with Gasteiger partial charge in [0.2, 0.25) is 0 Å². The summed E-state index contributed by atoms with van der Waals surface area (Å²) in [6.45, 7) is 0. The minimum Gasteiger partial charge on any atom is -0.309 e. The average molecular weight is 650 g/mol. The number of benzene rings is 6. The fraction of sp³-hybridized carbons (Fsp3) is 0.0217. The van der Waals surface area contributed by atoms with E-state index in [-0.39, 0.29) is 0 Å². The molecule has 0 unspecified atom stereocenters. The minimum atomic E-state index is 0.578. The zero-order valence-corrected chi connectivity index (χ0v) is 27.4. The van der Waals surface area contributed by atoms with E-state index in [1.165, 1.54) is 0 Å². The van der Waals surface area contributed by atoms with Gasteiger partial charge in [0, 0.05) is 27.4 Å². The SMILES string of the molecule is N#Cc1ccc(-c2ccc(-c3cccc(-n4c5ccccc5c5ccc(C#N)cc54)c3)cc2)c(-n2c3c(c4cc(C#N)ccc42)CC=CC=C3)c1. The Balaban J connectivity index is 1.16. The Kier molecular flexibility index (Phi) is 6.96. The van der Waals surface area contributed by atoms with Gasteiger partial charge in [0.15, 0.2) is 0 Å². The molecule has 0 saturated carbocycles. The van der Waals surface area contributed by atoms with E-state index in [1.807, 2.05) is 66.7 Å². The molecule has 5 nitrogen and oxygen atoms in total. The Morgan fingerprint density at radius 1 is 0.490 bits per heavy atom. The Hall–Kier alpha value is -7.39. The molecule has 6 aromatic carbocycles. The molecule has 0 amide bonds. The lowest BCUT2D eigenvalue weighted by molar-refractivity contribution is 1.09. The highest BCUT2D eigenvalue weighted by molar-refractivity contribution is 6.09. The smallest absolute Gasteiger partial charge is 0.0992 e. The summed E-state index contributed by atoms with van der Waals surface area (Å²) in [6.07, 6.45) is 9.09. The van der Waals surface area contributed by atoms with Crippen LogP contribution in [-0.4, -0.2) is 9.13 Å². The molecule has 2 heterocycles. The Labute approximate surface area is 294 Å². The number of para-hydroxylation sites is 1. The first-order chi connectivity index (χ1) is 25.1. The zero-order chi connectivity index (χ0) is 34.5. The van der Waals surface area contributed by atoms with Crippen molar-refractivity contribution in [1.29, 1.82) is 15.8 Å². The summed E-state index contributed by atoms with van der Waals surface area (Å²) in [6, 6.07) is 50.0. The molecule has 2 aromatic heterocycles. The molecule has 5 heteroatoms. The van der Waals surface area contributed by atoms with Crippen LogP contribution in [0, 0.1) is 34.0 Å². The fourth-order valence-electron chi connectivity index (χ4n) is 7.52. The van der Waals surface area contributed by atoms with Crippen molar-refractivity contribution >= 4 is 38.8 Å². The first-order valence-electron chi connectivity index (χ1n) is 16.7. The number of hydrogen-bond donors (Lipinski definition) is 0. The first kappa shape index (κ1) is 29.7. The standard InChI is InChI=1S/C46H27N5/c47-27-30-15-22-44-41(23-30)39-9-2-1-3-11-43(39)51(44)45-24-31(28-48)13-20-37(45)34-18-16-33(17-19-34)35-7-6-8-36(26-35)50-42-12-5-4-10-38(42)40-21-14-32(29-49)25-46(40)50/h1-8,10-26H,9H2. The van der Waals surface area contributed by atoms with Crippen molar-refractivity contribution in [3.05, 3.63) is 174 Å². The molecule has 0 aliphatic heterocycles. The van der Waals surface area contributed by atoms with Crippen LogP contribution in [0.15, 0.2) is 146 Å². The van der Waals surface area contributed by atoms with Gasteiger partial charge < -0.3 is 9.13 Å². The molecular formula is C46H27N5. The molecule has 236 valence electrons. The summed E-state index contributed by atoms with van der Waals surface area (Å²) >= 11 is 0. The third kappa shape index (κ3) is 4.83. The summed E-state index contributed by atoms with van der Waals surface area (Å²) in [4.78, 5) is 0. The summed E-state index contributed by atoms with van der Waals surface area (Å²) < 4.78 is 4.46. The molecule has 0 N–H and O–H groups in total. The highest BCUT2D eigenvalue weighted by atomic mass is 15.0. The first-order valence-corrected chi connectivity index (χ1v) is 16.7. The van der Waals surface area contributed by atoms with Gasteiger partial charge in [0.1, 0.15) is 0 Å². The Bertz CT molecular complexity index is 2910. The van der Waals surface area contributed by atoms with E-state index in [0.717, 1.165) is 84.0 Å². The van der Waals surface area contributed by atoms with Gasteiger partial charge in [-0.1, -0.05) is 85.0 Å². The van der Waals surface area contributed by atoms with Gasteiger partial charge in [-0.2, -0.15) is 15.8 Å². The van der Waals surface area contributed by atoms with Gasteiger partial charge in [0.25, 0.3) is 0 Å². The maximum absolute atomic E-state index is 9.95. The fourth-order valence-corrected chi connectivity index (χ4v) is 7.52. The molecule has 0 spiro atoms. The van der Waals surface area contributed by atoms with E-state index < -0.39 is 0 Å². The van der Waals surface area contributed by atoms with Crippen LogP contribution in [0.4, 0.5) is 0 Å². The van der Waals surface area contributed by atoms with Gasteiger partial charge in [0.05, 0.1) is 62.8 Å². The van der Waals surface area contributed by atoms with Crippen LogP contribution in [-0.2, 0) is 6.42 Å². The Morgan fingerprint density at radius 3 is 2.04 bits per heavy atom. The predicted octanol–water partition coefficient (Wildman–Crippen LogP) is 10.8. The van der Waals surface area contributed by atoms with Crippen LogP contribution in [0.2, 0.25) is 0 Å². The highest BCUT2D eigenvalue weighted by Crippen LogP contribution is 2.39. The van der Waals surface area contributed by atoms with Gasteiger partial charge in [-0.25, -0.2) is 0 Å². The number of rotatable bonds is 4. The quantitative estimate of drug-likeness (QED) is 0.190. The number of hydrogen-bond acceptors (Lipinski definition) is 3. The van der Waals surface area contributed by atoms with Crippen LogP contribution in [0.25, 0.3) is 72.4 Å².